The van der Waals surface area contributed by atoms with Gasteiger partial charge in [0.05, 0.1) is 12.3 Å². The zero-order valence-corrected chi connectivity index (χ0v) is 14.2. The lowest BCUT2D eigenvalue weighted by Gasteiger charge is -2.20. The van der Waals surface area contributed by atoms with E-state index in [4.69, 9.17) is 0 Å². The summed E-state index contributed by atoms with van der Waals surface area (Å²) in [5.74, 6) is 0.527. The molecular formula is C14H20N4OS2. The lowest BCUT2D eigenvalue weighted by Crippen LogP contribution is -2.31. The number of carbonyl (C=O) groups excluding carboxylic acids is 1. The fraction of sp³-hybridized carbons (Fsp3) is 0.500. The van der Waals surface area contributed by atoms with Crippen LogP contribution in [-0.2, 0) is 11.3 Å². The van der Waals surface area contributed by atoms with Crippen molar-refractivity contribution >= 4 is 29.0 Å². The van der Waals surface area contributed by atoms with Crippen LogP contribution in [0, 0.1) is 0 Å². The number of nitrogens with zero attached hydrogens (tertiary/aromatic N) is 4. The van der Waals surface area contributed by atoms with Crippen molar-refractivity contribution in [1.82, 2.24) is 19.7 Å². The number of carbonyl (C=O) groups is 1. The first kappa shape index (κ1) is 16.0. The molecular weight excluding hydrogens is 304 g/mol. The monoisotopic (exact) mass is 324 g/mol. The lowest BCUT2D eigenvalue weighted by atomic mass is 10.4. The van der Waals surface area contributed by atoms with Gasteiger partial charge in [0.2, 0.25) is 5.91 Å². The Kier molecular flexibility index (Phi) is 5.81. The highest BCUT2D eigenvalue weighted by molar-refractivity contribution is 7.99. The van der Waals surface area contributed by atoms with Gasteiger partial charge in [0.25, 0.3) is 0 Å². The van der Waals surface area contributed by atoms with Crippen molar-refractivity contribution in [2.24, 2.45) is 0 Å². The molecule has 7 heteroatoms. The van der Waals surface area contributed by atoms with Gasteiger partial charge in [0.1, 0.15) is 6.33 Å². The highest BCUT2D eigenvalue weighted by atomic mass is 32.2. The largest absolute Gasteiger partial charge is 0.337 e. The Balaban J connectivity index is 1.92. The van der Waals surface area contributed by atoms with Gasteiger partial charge >= 0.3 is 0 Å². The molecule has 2 rings (SSSR count). The molecule has 2 aromatic heterocycles. The minimum atomic E-state index is 0.134. The summed E-state index contributed by atoms with van der Waals surface area (Å²) in [5, 5.41) is 10.8. The average Bonchev–Trinajstić information content (AvgIpc) is 3.13. The fourth-order valence-corrected chi connectivity index (χ4v) is 3.54. The molecule has 2 aromatic rings. The molecule has 0 aromatic carbocycles. The van der Waals surface area contributed by atoms with Crippen molar-refractivity contribution in [2.75, 3.05) is 12.3 Å². The molecule has 0 unspecified atom stereocenters. The first-order chi connectivity index (χ1) is 10.1. The molecule has 0 atom stereocenters. The summed E-state index contributed by atoms with van der Waals surface area (Å²) in [5.41, 5.74) is 0. The van der Waals surface area contributed by atoms with Gasteiger partial charge < -0.3 is 9.47 Å². The van der Waals surface area contributed by atoms with Crippen molar-refractivity contribution < 1.29 is 4.79 Å². The molecule has 5 nitrogen and oxygen atoms in total. The van der Waals surface area contributed by atoms with Crippen LogP contribution in [0.2, 0.25) is 0 Å². The Bertz CT molecular complexity index is 565. The van der Waals surface area contributed by atoms with Gasteiger partial charge in [0.15, 0.2) is 5.16 Å². The van der Waals surface area contributed by atoms with Crippen LogP contribution in [0.4, 0.5) is 0 Å². The molecule has 0 saturated heterocycles. The van der Waals surface area contributed by atoms with Crippen molar-refractivity contribution in [1.29, 1.82) is 0 Å². The van der Waals surface area contributed by atoms with Crippen LogP contribution in [0.1, 0.15) is 31.7 Å². The summed E-state index contributed by atoms with van der Waals surface area (Å²) in [6.45, 7) is 7.56. The molecule has 0 bridgehead atoms. The van der Waals surface area contributed by atoms with Crippen LogP contribution >= 0.6 is 23.1 Å². The van der Waals surface area contributed by atoms with E-state index in [0.29, 0.717) is 24.9 Å². The smallest absolute Gasteiger partial charge is 0.233 e. The molecule has 0 radical (unpaired) electrons. The second-order valence-electron chi connectivity index (χ2n) is 4.89. The third-order valence-electron chi connectivity index (χ3n) is 3.08. The second kappa shape index (κ2) is 7.61. The molecule has 0 fully saturated rings. The van der Waals surface area contributed by atoms with Gasteiger partial charge in [-0.2, -0.15) is 0 Å². The molecule has 114 valence electrons. The number of amides is 1. The molecule has 0 aliphatic heterocycles. The van der Waals surface area contributed by atoms with Gasteiger partial charge in [0, 0.05) is 17.5 Å². The average molecular weight is 324 g/mol. The summed E-state index contributed by atoms with van der Waals surface area (Å²) >= 11 is 3.13. The Morgan fingerprint density at radius 2 is 2.33 bits per heavy atom. The van der Waals surface area contributed by atoms with Crippen molar-refractivity contribution in [2.45, 2.75) is 38.5 Å². The number of aromatic nitrogens is 3. The number of thioether (sulfide) groups is 1. The lowest BCUT2D eigenvalue weighted by molar-refractivity contribution is -0.128. The number of thiophene rings is 1. The molecule has 0 spiro atoms. The van der Waals surface area contributed by atoms with Crippen LogP contribution in [-0.4, -0.2) is 37.9 Å². The third-order valence-corrected chi connectivity index (χ3v) is 4.89. The van der Waals surface area contributed by atoms with E-state index >= 15 is 0 Å². The summed E-state index contributed by atoms with van der Waals surface area (Å²) in [7, 11) is 0. The van der Waals surface area contributed by atoms with Crippen molar-refractivity contribution in [3.05, 3.63) is 28.7 Å². The first-order valence-corrected chi connectivity index (χ1v) is 8.80. The second-order valence-corrected chi connectivity index (χ2v) is 6.87. The van der Waals surface area contributed by atoms with Crippen LogP contribution in [0.15, 0.2) is 29.0 Å². The highest BCUT2D eigenvalue weighted by Crippen LogP contribution is 2.20. The van der Waals surface area contributed by atoms with Crippen molar-refractivity contribution in [3.63, 3.8) is 0 Å². The predicted molar refractivity (Wildman–Crippen MR) is 86.5 cm³/mol. The molecule has 0 saturated carbocycles. The topological polar surface area (TPSA) is 51.0 Å². The van der Waals surface area contributed by atoms with Gasteiger partial charge in [-0.15, -0.1) is 21.5 Å². The molecule has 0 aliphatic carbocycles. The van der Waals surface area contributed by atoms with Gasteiger partial charge in [-0.1, -0.05) is 17.8 Å². The van der Waals surface area contributed by atoms with E-state index < -0.39 is 0 Å². The zero-order valence-electron chi connectivity index (χ0n) is 12.5. The summed E-state index contributed by atoms with van der Waals surface area (Å²) in [6, 6.07) is 4.37. The van der Waals surface area contributed by atoms with Gasteiger partial charge in [-0.05, 0) is 32.2 Å². The maximum atomic E-state index is 12.3. The van der Waals surface area contributed by atoms with E-state index in [1.807, 2.05) is 27.8 Å². The van der Waals surface area contributed by atoms with Crippen LogP contribution in [0.5, 0.6) is 0 Å². The normalized spacial score (nSPS) is 11.0. The van der Waals surface area contributed by atoms with Crippen LogP contribution in [0.3, 0.4) is 0 Å². The van der Waals surface area contributed by atoms with Crippen molar-refractivity contribution in [3.8, 4) is 0 Å². The molecule has 21 heavy (non-hydrogen) atoms. The molecule has 0 aliphatic rings. The van der Waals surface area contributed by atoms with E-state index in [9.17, 15) is 4.79 Å². The SMILES string of the molecule is CCN(Cc1cccs1)C(=O)CSc1nncn1C(C)C. The van der Waals surface area contributed by atoms with E-state index in [1.54, 1.807) is 17.7 Å². The maximum Gasteiger partial charge on any atom is 0.233 e. The minimum Gasteiger partial charge on any atom is -0.337 e. The molecule has 0 N–H and O–H groups in total. The quantitative estimate of drug-likeness (QED) is 0.735. The minimum absolute atomic E-state index is 0.134. The van der Waals surface area contributed by atoms with E-state index in [-0.39, 0.29) is 5.91 Å². The van der Waals surface area contributed by atoms with Crippen LogP contribution < -0.4 is 0 Å². The van der Waals surface area contributed by atoms with Crippen LogP contribution in [0.25, 0.3) is 0 Å². The Morgan fingerprint density at radius 1 is 1.52 bits per heavy atom. The molecule has 2 heterocycles. The summed E-state index contributed by atoms with van der Waals surface area (Å²) in [4.78, 5) is 15.4. The molecule has 1 amide bonds. The maximum absolute atomic E-state index is 12.3. The Morgan fingerprint density at radius 3 is 2.95 bits per heavy atom. The van der Waals surface area contributed by atoms with E-state index in [2.05, 4.69) is 30.1 Å². The third kappa shape index (κ3) is 4.31. The Hall–Kier alpha value is -1.34. The first-order valence-electron chi connectivity index (χ1n) is 6.94. The van der Waals surface area contributed by atoms with Gasteiger partial charge in [-0.25, -0.2) is 0 Å². The predicted octanol–water partition coefficient (Wildman–Crippen LogP) is 3.06. The summed E-state index contributed by atoms with van der Waals surface area (Å²) < 4.78 is 1.98. The Labute approximate surface area is 133 Å². The summed E-state index contributed by atoms with van der Waals surface area (Å²) in [6.07, 6.45) is 1.71. The standard InChI is InChI=1S/C14H20N4OS2/c1-4-17(8-12-6-5-7-20-12)13(19)9-21-14-16-15-10-18(14)11(2)3/h5-7,10-11H,4,8-9H2,1-3H3. The fourth-order valence-electron chi connectivity index (χ4n) is 1.87. The van der Waals surface area contributed by atoms with E-state index in [0.717, 1.165) is 5.16 Å². The number of hydrogen-bond acceptors (Lipinski definition) is 5. The number of rotatable bonds is 7. The number of hydrogen-bond donors (Lipinski definition) is 0. The highest BCUT2D eigenvalue weighted by Gasteiger charge is 2.15. The van der Waals surface area contributed by atoms with E-state index in [1.165, 1.54) is 16.6 Å². The zero-order chi connectivity index (χ0) is 15.2. The van der Waals surface area contributed by atoms with Gasteiger partial charge in [-0.3, -0.25) is 4.79 Å².